The van der Waals surface area contributed by atoms with E-state index in [1.165, 1.54) is 19.2 Å². The van der Waals surface area contributed by atoms with Crippen LogP contribution in [0.25, 0.3) is 10.6 Å². The Morgan fingerprint density at radius 2 is 1.82 bits per heavy atom. The first kappa shape index (κ1) is 21.9. The Kier molecular flexibility index (Phi) is 6.48. The molecule has 0 fully saturated rings. The summed E-state index contributed by atoms with van der Waals surface area (Å²) in [6, 6.07) is 4.58. The first-order valence-corrected chi connectivity index (χ1v) is 9.39. The summed E-state index contributed by atoms with van der Waals surface area (Å²) < 4.78 is 42.9. The Hall–Kier alpha value is -2.42. The molecule has 0 radical (unpaired) electrons. The zero-order valence-corrected chi connectivity index (χ0v) is 16.8. The highest BCUT2D eigenvalue weighted by Crippen LogP contribution is 2.33. The molecule has 0 aliphatic heterocycles. The zero-order chi connectivity index (χ0) is 21.1. The summed E-state index contributed by atoms with van der Waals surface area (Å²) in [4.78, 5) is 29.4. The number of aryl methyl sites for hydroxylation is 1. The van der Waals surface area contributed by atoms with E-state index in [2.05, 4.69) is 10.3 Å². The normalized spacial score (nSPS) is 13.7. The molecule has 1 heterocycles. The van der Waals surface area contributed by atoms with Crippen LogP contribution in [0.15, 0.2) is 24.3 Å². The van der Waals surface area contributed by atoms with Crippen LogP contribution in [0.2, 0.25) is 0 Å². The van der Waals surface area contributed by atoms with Crippen molar-refractivity contribution in [3.05, 3.63) is 40.4 Å². The lowest BCUT2D eigenvalue weighted by atomic mass is 9.96. The lowest BCUT2D eigenvalue weighted by molar-refractivity contribution is -0.147. The molecule has 2 rings (SSSR count). The predicted octanol–water partition coefficient (Wildman–Crippen LogP) is 4.60. The van der Waals surface area contributed by atoms with Crippen LogP contribution in [0, 0.1) is 6.92 Å². The van der Waals surface area contributed by atoms with Crippen LogP contribution in [0.3, 0.4) is 0 Å². The smallest absolute Gasteiger partial charge is 0.416 e. The third kappa shape index (κ3) is 4.70. The molecule has 0 saturated heterocycles. The van der Waals surface area contributed by atoms with Crippen LogP contribution in [0.1, 0.15) is 47.6 Å². The molecule has 1 aromatic heterocycles. The monoisotopic (exact) mass is 414 g/mol. The Morgan fingerprint density at radius 1 is 1.21 bits per heavy atom. The highest BCUT2D eigenvalue weighted by atomic mass is 32.1. The van der Waals surface area contributed by atoms with Gasteiger partial charge in [0.15, 0.2) is 0 Å². The van der Waals surface area contributed by atoms with Crippen molar-refractivity contribution in [1.82, 2.24) is 10.3 Å². The van der Waals surface area contributed by atoms with Crippen molar-refractivity contribution in [3.63, 3.8) is 0 Å². The summed E-state index contributed by atoms with van der Waals surface area (Å²) in [7, 11) is 1.25. The number of halogens is 3. The number of thiazole rings is 1. The molecular weight excluding hydrogens is 393 g/mol. The molecule has 1 amide bonds. The van der Waals surface area contributed by atoms with Gasteiger partial charge in [0.05, 0.1) is 18.4 Å². The van der Waals surface area contributed by atoms with E-state index < -0.39 is 29.2 Å². The Labute approximate surface area is 164 Å². The number of nitrogens with one attached hydrogen (secondary N) is 1. The average Bonchev–Trinajstić information content (AvgIpc) is 3.02. The van der Waals surface area contributed by atoms with E-state index in [9.17, 15) is 22.8 Å². The quantitative estimate of drug-likeness (QED) is 0.702. The predicted molar refractivity (Wildman–Crippen MR) is 100 cm³/mol. The number of hydrogen-bond donors (Lipinski definition) is 1. The van der Waals surface area contributed by atoms with Crippen molar-refractivity contribution < 1.29 is 27.5 Å². The van der Waals surface area contributed by atoms with Crippen molar-refractivity contribution in [3.8, 4) is 10.6 Å². The number of hydrogen-bond acceptors (Lipinski definition) is 5. The van der Waals surface area contributed by atoms with Crippen molar-refractivity contribution in [2.24, 2.45) is 0 Å². The van der Waals surface area contributed by atoms with Crippen molar-refractivity contribution in [1.29, 1.82) is 0 Å². The van der Waals surface area contributed by atoms with Gasteiger partial charge in [-0.1, -0.05) is 25.5 Å². The van der Waals surface area contributed by atoms with Gasteiger partial charge in [0.25, 0.3) is 5.91 Å². The second kappa shape index (κ2) is 8.30. The average molecular weight is 414 g/mol. The number of aromatic nitrogens is 1. The maximum atomic E-state index is 12.7. The summed E-state index contributed by atoms with van der Waals surface area (Å²) in [5.41, 5.74) is -1.02. The van der Waals surface area contributed by atoms with Crippen molar-refractivity contribution >= 4 is 23.2 Å². The highest BCUT2D eigenvalue weighted by molar-refractivity contribution is 7.17. The van der Waals surface area contributed by atoms with Gasteiger partial charge in [-0.25, -0.2) is 9.78 Å². The second-order valence-electron chi connectivity index (χ2n) is 6.54. The summed E-state index contributed by atoms with van der Waals surface area (Å²) in [6.07, 6.45) is -3.36. The van der Waals surface area contributed by atoms with Gasteiger partial charge in [-0.05, 0) is 32.4 Å². The number of rotatable bonds is 6. The Balaban J connectivity index is 2.28. The van der Waals surface area contributed by atoms with Gasteiger partial charge >= 0.3 is 12.1 Å². The maximum Gasteiger partial charge on any atom is 0.416 e. The number of carbonyl (C=O) groups is 2. The SMILES string of the molecule is CCCC(C)(NC(=O)c1sc(-c2ccc(C(F)(F)F)cc2)nc1C)C(=O)OC. The fraction of sp³-hybridized carbons (Fsp3) is 0.421. The van der Waals surface area contributed by atoms with Crippen molar-refractivity contribution in [2.45, 2.75) is 45.3 Å². The van der Waals surface area contributed by atoms with Crippen LogP contribution in [0.5, 0.6) is 0 Å². The molecule has 1 atom stereocenters. The third-order valence-corrected chi connectivity index (χ3v) is 5.44. The van der Waals surface area contributed by atoms with E-state index >= 15 is 0 Å². The van der Waals surface area contributed by atoms with Gasteiger partial charge in [-0.3, -0.25) is 4.79 Å². The molecular formula is C19H21F3N2O3S. The number of benzene rings is 1. The topological polar surface area (TPSA) is 68.3 Å². The fourth-order valence-corrected chi connectivity index (χ4v) is 3.75. The van der Waals surface area contributed by atoms with E-state index in [0.29, 0.717) is 34.0 Å². The number of nitrogens with zero attached hydrogens (tertiary/aromatic N) is 1. The Morgan fingerprint density at radius 3 is 2.32 bits per heavy atom. The van der Waals surface area contributed by atoms with Gasteiger partial charge < -0.3 is 10.1 Å². The number of ether oxygens (including phenoxy) is 1. The van der Waals surface area contributed by atoms with E-state index in [-0.39, 0.29) is 0 Å². The summed E-state index contributed by atoms with van der Waals surface area (Å²) in [5.74, 6) is -1.03. The van der Waals surface area contributed by atoms with Gasteiger partial charge in [0.2, 0.25) is 0 Å². The molecule has 152 valence electrons. The minimum absolute atomic E-state index is 0.293. The molecule has 1 aromatic carbocycles. The highest BCUT2D eigenvalue weighted by Gasteiger charge is 2.36. The number of carbonyl (C=O) groups excluding carboxylic acids is 2. The minimum Gasteiger partial charge on any atom is -0.467 e. The number of methoxy groups -OCH3 is 1. The lowest BCUT2D eigenvalue weighted by Gasteiger charge is -2.27. The first-order chi connectivity index (χ1) is 13.0. The third-order valence-electron chi connectivity index (χ3n) is 4.24. The molecule has 0 aliphatic carbocycles. The van der Waals surface area contributed by atoms with E-state index in [0.717, 1.165) is 23.5 Å². The molecule has 0 spiro atoms. The fourth-order valence-electron chi connectivity index (χ4n) is 2.78. The van der Waals surface area contributed by atoms with E-state index in [4.69, 9.17) is 4.74 Å². The Bertz CT molecular complexity index is 862. The molecule has 1 N–H and O–H groups in total. The molecule has 0 aliphatic rings. The van der Waals surface area contributed by atoms with Crippen LogP contribution < -0.4 is 5.32 Å². The van der Waals surface area contributed by atoms with Gasteiger partial charge in [-0.2, -0.15) is 13.2 Å². The molecule has 28 heavy (non-hydrogen) atoms. The van der Waals surface area contributed by atoms with Crippen molar-refractivity contribution in [2.75, 3.05) is 7.11 Å². The van der Waals surface area contributed by atoms with Crippen LogP contribution >= 0.6 is 11.3 Å². The van der Waals surface area contributed by atoms with E-state index in [1.807, 2.05) is 6.92 Å². The van der Waals surface area contributed by atoms with Crippen LogP contribution in [-0.2, 0) is 15.7 Å². The largest absolute Gasteiger partial charge is 0.467 e. The molecule has 9 heteroatoms. The summed E-state index contributed by atoms with van der Waals surface area (Å²) in [5, 5.41) is 3.13. The molecule has 2 aromatic rings. The zero-order valence-electron chi connectivity index (χ0n) is 15.9. The number of alkyl halides is 3. The molecule has 0 bridgehead atoms. The molecule has 1 unspecified atom stereocenters. The lowest BCUT2D eigenvalue weighted by Crippen LogP contribution is -2.52. The number of esters is 1. The van der Waals surface area contributed by atoms with E-state index in [1.54, 1.807) is 13.8 Å². The molecule has 0 saturated carbocycles. The van der Waals surface area contributed by atoms with Crippen LogP contribution in [-0.4, -0.2) is 29.5 Å². The van der Waals surface area contributed by atoms with Gasteiger partial charge in [0.1, 0.15) is 15.4 Å². The maximum absolute atomic E-state index is 12.7. The number of amides is 1. The van der Waals surface area contributed by atoms with Crippen LogP contribution in [0.4, 0.5) is 13.2 Å². The standard InChI is InChI=1S/C19H21F3N2O3S/c1-5-10-18(3,17(26)27-4)24-15(25)14-11(2)23-16(28-14)12-6-8-13(9-7-12)19(20,21)22/h6-9H,5,10H2,1-4H3,(H,24,25). The first-order valence-electron chi connectivity index (χ1n) is 8.58. The molecule has 5 nitrogen and oxygen atoms in total. The summed E-state index contributed by atoms with van der Waals surface area (Å²) in [6.45, 7) is 5.11. The summed E-state index contributed by atoms with van der Waals surface area (Å²) >= 11 is 1.06. The van der Waals surface area contributed by atoms with Gasteiger partial charge in [0, 0.05) is 5.56 Å². The van der Waals surface area contributed by atoms with Gasteiger partial charge in [-0.15, -0.1) is 11.3 Å². The minimum atomic E-state index is -4.42. The second-order valence-corrected chi connectivity index (χ2v) is 7.54.